The summed E-state index contributed by atoms with van der Waals surface area (Å²) in [7, 11) is 0. The van der Waals surface area contributed by atoms with Crippen LogP contribution >= 0.6 is 0 Å². The lowest BCUT2D eigenvalue weighted by Gasteiger charge is -2.52. The summed E-state index contributed by atoms with van der Waals surface area (Å²) in [5.74, 6) is 0.713. The largest absolute Gasteiger partial charge is 0.322 e. The van der Waals surface area contributed by atoms with E-state index in [1.807, 2.05) is 6.07 Å². The van der Waals surface area contributed by atoms with Crippen LogP contribution in [-0.4, -0.2) is 23.0 Å². The number of hydrogen-bond donors (Lipinski definition) is 1. The number of benzene rings is 1. The lowest BCUT2D eigenvalue weighted by Crippen LogP contribution is -2.62. The number of amides is 2. The monoisotopic (exact) mass is 284 g/mol. The van der Waals surface area contributed by atoms with Crippen molar-refractivity contribution in [3.63, 3.8) is 0 Å². The standard InChI is InChI=1S/C18H24N2O/c1-12-8-9-14(10-17(12)13-4-2-5-13)19-18(21)20-15-6-3-7-16(20)11-15/h8-10,13,15-16H,2-7,11H2,1H3,(H,19,21). The van der Waals surface area contributed by atoms with Gasteiger partial charge in [-0.05, 0) is 74.6 Å². The second-order valence-corrected chi connectivity index (χ2v) is 7.01. The second-order valence-electron chi connectivity index (χ2n) is 7.01. The first-order valence-electron chi connectivity index (χ1n) is 8.42. The molecule has 2 unspecified atom stereocenters. The molecule has 4 rings (SSSR count). The highest BCUT2D eigenvalue weighted by molar-refractivity contribution is 5.90. The molecule has 1 aliphatic carbocycles. The van der Waals surface area contributed by atoms with Crippen LogP contribution in [0.5, 0.6) is 0 Å². The van der Waals surface area contributed by atoms with E-state index in [1.54, 1.807) is 0 Å². The fourth-order valence-electron chi connectivity index (χ4n) is 4.20. The van der Waals surface area contributed by atoms with Gasteiger partial charge in [-0.15, -0.1) is 0 Å². The Labute approximate surface area is 126 Å². The number of nitrogens with zero attached hydrogens (tertiary/aromatic N) is 1. The van der Waals surface area contributed by atoms with Crippen LogP contribution in [0.25, 0.3) is 0 Å². The topological polar surface area (TPSA) is 32.3 Å². The van der Waals surface area contributed by atoms with Crippen LogP contribution in [0.4, 0.5) is 10.5 Å². The third kappa shape index (κ3) is 2.23. The van der Waals surface area contributed by atoms with E-state index in [9.17, 15) is 4.79 Å². The molecule has 1 aromatic rings. The third-order valence-corrected chi connectivity index (χ3v) is 5.72. The molecule has 21 heavy (non-hydrogen) atoms. The predicted octanol–water partition coefficient (Wildman–Crippen LogP) is 4.42. The smallest absolute Gasteiger partial charge is 0.318 e. The number of nitrogens with one attached hydrogen (secondary N) is 1. The zero-order valence-electron chi connectivity index (χ0n) is 12.8. The van der Waals surface area contributed by atoms with E-state index >= 15 is 0 Å². The van der Waals surface area contributed by atoms with Crippen LogP contribution in [0.15, 0.2) is 18.2 Å². The maximum Gasteiger partial charge on any atom is 0.322 e. The summed E-state index contributed by atoms with van der Waals surface area (Å²) in [5, 5.41) is 3.13. The zero-order valence-corrected chi connectivity index (χ0v) is 12.8. The molecular formula is C18H24N2O. The first-order valence-corrected chi connectivity index (χ1v) is 8.42. The number of carbonyl (C=O) groups excluding carboxylic acids is 1. The van der Waals surface area contributed by atoms with Crippen molar-refractivity contribution in [2.45, 2.75) is 69.9 Å². The molecule has 1 saturated carbocycles. The van der Waals surface area contributed by atoms with Crippen molar-refractivity contribution in [3.05, 3.63) is 29.3 Å². The average Bonchev–Trinajstić information content (AvgIpc) is 2.41. The van der Waals surface area contributed by atoms with Crippen molar-refractivity contribution in [2.24, 2.45) is 0 Å². The molecule has 3 fully saturated rings. The molecule has 2 amide bonds. The Bertz CT molecular complexity index is 550. The Morgan fingerprint density at radius 1 is 1.14 bits per heavy atom. The van der Waals surface area contributed by atoms with Gasteiger partial charge in [0.15, 0.2) is 0 Å². The van der Waals surface area contributed by atoms with Gasteiger partial charge in [0.05, 0.1) is 0 Å². The molecule has 3 nitrogen and oxygen atoms in total. The van der Waals surface area contributed by atoms with Gasteiger partial charge in [0.1, 0.15) is 0 Å². The molecule has 2 aliphatic heterocycles. The average molecular weight is 284 g/mol. The Morgan fingerprint density at radius 2 is 1.86 bits per heavy atom. The van der Waals surface area contributed by atoms with Crippen molar-refractivity contribution >= 4 is 11.7 Å². The van der Waals surface area contributed by atoms with Crippen LogP contribution in [-0.2, 0) is 0 Å². The number of carbonyl (C=O) groups is 1. The zero-order chi connectivity index (χ0) is 14.4. The summed E-state index contributed by atoms with van der Waals surface area (Å²) in [4.78, 5) is 14.5. The van der Waals surface area contributed by atoms with Crippen LogP contribution < -0.4 is 5.32 Å². The van der Waals surface area contributed by atoms with E-state index in [0.717, 1.165) is 5.69 Å². The highest BCUT2D eigenvalue weighted by Crippen LogP contribution is 2.40. The highest BCUT2D eigenvalue weighted by Gasteiger charge is 2.44. The SMILES string of the molecule is Cc1ccc(NC(=O)N2C3CCCC2C3)cc1C1CCC1. The first kappa shape index (κ1) is 13.2. The van der Waals surface area contributed by atoms with Crippen molar-refractivity contribution in [1.29, 1.82) is 0 Å². The molecule has 2 bridgehead atoms. The van der Waals surface area contributed by atoms with Crippen LogP contribution in [0.2, 0.25) is 0 Å². The molecular weight excluding hydrogens is 260 g/mol. The number of urea groups is 1. The molecule has 2 heterocycles. The number of fused-ring (bicyclic) bond motifs is 2. The quantitative estimate of drug-likeness (QED) is 0.856. The molecule has 3 heteroatoms. The van der Waals surface area contributed by atoms with Crippen molar-refractivity contribution in [1.82, 2.24) is 4.90 Å². The van der Waals surface area contributed by atoms with E-state index < -0.39 is 0 Å². The van der Waals surface area contributed by atoms with Gasteiger partial charge < -0.3 is 10.2 Å². The number of hydrogen-bond acceptors (Lipinski definition) is 1. The Morgan fingerprint density at radius 3 is 2.48 bits per heavy atom. The van der Waals surface area contributed by atoms with Gasteiger partial charge >= 0.3 is 6.03 Å². The van der Waals surface area contributed by atoms with Crippen LogP contribution in [0.1, 0.15) is 62.0 Å². The maximum atomic E-state index is 12.5. The minimum Gasteiger partial charge on any atom is -0.318 e. The van der Waals surface area contributed by atoms with Crippen LogP contribution in [0.3, 0.4) is 0 Å². The lowest BCUT2D eigenvalue weighted by molar-refractivity contribution is 0.0173. The highest BCUT2D eigenvalue weighted by atomic mass is 16.2. The molecule has 0 spiro atoms. The Hall–Kier alpha value is -1.51. The fraction of sp³-hybridized carbons (Fsp3) is 0.611. The van der Waals surface area contributed by atoms with E-state index in [0.29, 0.717) is 18.0 Å². The van der Waals surface area contributed by atoms with Crippen molar-refractivity contribution in [2.75, 3.05) is 5.32 Å². The number of anilines is 1. The number of piperidine rings is 1. The second kappa shape index (κ2) is 5.04. The molecule has 0 aromatic heterocycles. The summed E-state index contributed by atoms with van der Waals surface area (Å²) in [5.41, 5.74) is 3.76. The summed E-state index contributed by atoms with van der Waals surface area (Å²) in [6.07, 6.45) is 8.82. The minimum atomic E-state index is 0.111. The summed E-state index contributed by atoms with van der Waals surface area (Å²) < 4.78 is 0. The molecule has 1 N–H and O–H groups in total. The van der Waals surface area contributed by atoms with Gasteiger partial charge in [-0.25, -0.2) is 4.79 Å². The van der Waals surface area contributed by atoms with Crippen molar-refractivity contribution in [3.8, 4) is 0 Å². The fourth-order valence-corrected chi connectivity index (χ4v) is 4.20. The van der Waals surface area contributed by atoms with Gasteiger partial charge in [0, 0.05) is 17.8 Å². The summed E-state index contributed by atoms with van der Waals surface area (Å²) >= 11 is 0. The van der Waals surface area contributed by atoms with E-state index in [2.05, 4.69) is 29.3 Å². The van der Waals surface area contributed by atoms with E-state index in [-0.39, 0.29) is 6.03 Å². The maximum absolute atomic E-state index is 12.5. The van der Waals surface area contributed by atoms with Crippen LogP contribution in [0, 0.1) is 6.92 Å². The molecule has 3 aliphatic rings. The lowest BCUT2D eigenvalue weighted by atomic mass is 9.78. The number of rotatable bonds is 2. The summed E-state index contributed by atoms with van der Waals surface area (Å²) in [6, 6.07) is 7.51. The van der Waals surface area contributed by atoms with Gasteiger partial charge in [-0.1, -0.05) is 12.5 Å². The van der Waals surface area contributed by atoms with Gasteiger partial charge in [0.25, 0.3) is 0 Å². The van der Waals surface area contributed by atoms with E-state index in [1.165, 1.54) is 56.1 Å². The third-order valence-electron chi connectivity index (χ3n) is 5.72. The first-order chi connectivity index (χ1) is 10.2. The Kier molecular flexibility index (Phi) is 3.16. The minimum absolute atomic E-state index is 0.111. The predicted molar refractivity (Wildman–Crippen MR) is 84.7 cm³/mol. The molecule has 2 saturated heterocycles. The van der Waals surface area contributed by atoms with Gasteiger partial charge in [-0.3, -0.25) is 0 Å². The molecule has 112 valence electrons. The normalized spacial score (nSPS) is 27.8. The Balaban J connectivity index is 1.48. The summed E-state index contributed by atoms with van der Waals surface area (Å²) in [6.45, 7) is 2.18. The van der Waals surface area contributed by atoms with E-state index in [4.69, 9.17) is 0 Å². The molecule has 1 aromatic carbocycles. The van der Waals surface area contributed by atoms with Gasteiger partial charge in [0.2, 0.25) is 0 Å². The van der Waals surface area contributed by atoms with Crippen molar-refractivity contribution < 1.29 is 4.79 Å². The number of aryl methyl sites for hydroxylation is 1. The van der Waals surface area contributed by atoms with Gasteiger partial charge in [-0.2, -0.15) is 0 Å². The molecule has 2 atom stereocenters. The molecule has 0 radical (unpaired) electrons.